The minimum absolute atomic E-state index is 0. The lowest BCUT2D eigenvalue weighted by Gasteiger charge is -2.24. The van der Waals surface area contributed by atoms with Crippen molar-refractivity contribution in [1.82, 2.24) is 5.32 Å². The maximum absolute atomic E-state index is 12.3. The predicted molar refractivity (Wildman–Crippen MR) is 84.6 cm³/mol. The third-order valence-electron chi connectivity index (χ3n) is 4.27. The molecule has 2 fully saturated rings. The first-order valence-corrected chi connectivity index (χ1v) is 7.42. The highest BCUT2D eigenvalue weighted by Crippen LogP contribution is 2.33. The number of fused-ring (bicyclic) bond motifs is 1. The van der Waals surface area contributed by atoms with Gasteiger partial charge in [0.25, 0.3) is 0 Å². The summed E-state index contributed by atoms with van der Waals surface area (Å²) in [6.07, 6.45) is 6.05. The molecule has 110 valence electrons. The van der Waals surface area contributed by atoms with Gasteiger partial charge in [-0.15, -0.1) is 12.4 Å². The lowest BCUT2D eigenvalue weighted by atomic mass is 9.85. The van der Waals surface area contributed by atoms with Crippen LogP contribution in [0.4, 0.5) is 5.69 Å². The van der Waals surface area contributed by atoms with Crippen LogP contribution in [0.15, 0.2) is 24.3 Å². The fourth-order valence-corrected chi connectivity index (χ4v) is 3.51. The summed E-state index contributed by atoms with van der Waals surface area (Å²) in [4.78, 5) is 12.3. The molecule has 0 radical (unpaired) electrons. The van der Waals surface area contributed by atoms with Gasteiger partial charge in [-0.2, -0.15) is 0 Å². The minimum Gasteiger partial charge on any atom is -0.325 e. The molecular weight excluding hydrogens is 295 g/mol. The van der Waals surface area contributed by atoms with E-state index >= 15 is 0 Å². The minimum atomic E-state index is -0.0490. The van der Waals surface area contributed by atoms with Crippen molar-refractivity contribution >= 4 is 35.6 Å². The van der Waals surface area contributed by atoms with E-state index in [0.717, 1.165) is 12.1 Å². The summed E-state index contributed by atoms with van der Waals surface area (Å²) >= 11 is 5.92. The van der Waals surface area contributed by atoms with Crippen LogP contribution in [0, 0.1) is 5.92 Å². The Bertz CT molecular complexity index is 467. The number of carbonyl (C=O) groups is 1. The molecule has 1 aromatic carbocycles. The number of nitrogens with one attached hydrogen (secondary N) is 2. The number of amides is 1. The third-order valence-corrected chi connectivity index (χ3v) is 4.51. The molecule has 0 spiro atoms. The van der Waals surface area contributed by atoms with Crippen molar-refractivity contribution in [2.45, 2.75) is 44.2 Å². The molecule has 1 saturated heterocycles. The number of carbonyl (C=O) groups excluding carboxylic acids is 1. The highest BCUT2D eigenvalue weighted by atomic mass is 35.5. The summed E-state index contributed by atoms with van der Waals surface area (Å²) in [6.45, 7) is 0. The highest BCUT2D eigenvalue weighted by molar-refractivity contribution is 6.30. The van der Waals surface area contributed by atoms with Crippen LogP contribution in [-0.2, 0) is 4.79 Å². The van der Waals surface area contributed by atoms with Gasteiger partial charge in [-0.25, -0.2) is 0 Å². The molecule has 1 aromatic rings. The SMILES string of the molecule is Cl.O=C(Nc1cccc(Cl)c1)C1CC2CCCCC2N1. The van der Waals surface area contributed by atoms with Crippen molar-refractivity contribution in [2.24, 2.45) is 5.92 Å². The Morgan fingerprint density at radius 1 is 1.30 bits per heavy atom. The Hall–Kier alpha value is -0.770. The van der Waals surface area contributed by atoms with Crippen molar-refractivity contribution in [3.05, 3.63) is 29.3 Å². The second-order valence-corrected chi connectivity index (χ2v) is 6.04. The fourth-order valence-electron chi connectivity index (χ4n) is 3.32. The summed E-state index contributed by atoms with van der Waals surface area (Å²) in [5.74, 6) is 0.750. The molecule has 1 aliphatic carbocycles. The zero-order valence-corrected chi connectivity index (χ0v) is 12.8. The van der Waals surface area contributed by atoms with Crippen LogP contribution < -0.4 is 10.6 Å². The molecule has 3 rings (SSSR count). The number of benzene rings is 1. The monoisotopic (exact) mass is 314 g/mol. The Morgan fingerprint density at radius 3 is 2.85 bits per heavy atom. The van der Waals surface area contributed by atoms with E-state index in [9.17, 15) is 4.79 Å². The Labute approximate surface area is 130 Å². The highest BCUT2D eigenvalue weighted by Gasteiger charge is 2.38. The molecule has 2 aliphatic rings. The molecule has 3 unspecified atom stereocenters. The van der Waals surface area contributed by atoms with Gasteiger partial charge in [0.2, 0.25) is 5.91 Å². The van der Waals surface area contributed by atoms with Crippen molar-refractivity contribution in [1.29, 1.82) is 0 Å². The average molecular weight is 315 g/mol. The molecule has 1 amide bonds. The fraction of sp³-hybridized carbons (Fsp3) is 0.533. The summed E-state index contributed by atoms with van der Waals surface area (Å²) in [5, 5.41) is 7.08. The number of halogens is 2. The van der Waals surface area contributed by atoms with E-state index in [-0.39, 0.29) is 24.4 Å². The van der Waals surface area contributed by atoms with Crippen LogP contribution in [0.3, 0.4) is 0 Å². The number of hydrogen-bond acceptors (Lipinski definition) is 2. The molecule has 20 heavy (non-hydrogen) atoms. The van der Waals surface area contributed by atoms with Crippen LogP contribution in [0.25, 0.3) is 0 Å². The lowest BCUT2D eigenvalue weighted by molar-refractivity contribution is -0.117. The number of anilines is 1. The van der Waals surface area contributed by atoms with Crippen LogP contribution in [0.1, 0.15) is 32.1 Å². The van der Waals surface area contributed by atoms with Crippen molar-refractivity contribution in [3.63, 3.8) is 0 Å². The lowest BCUT2D eigenvalue weighted by Crippen LogP contribution is -2.39. The Kier molecular flexibility index (Phi) is 5.30. The zero-order chi connectivity index (χ0) is 13.2. The number of hydrogen-bond donors (Lipinski definition) is 2. The molecule has 1 saturated carbocycles. The molecule has 3 nitrogen and oxygen atoms in total. The standard InChI is InChI=1S/C15H19ClN2O.ClH/c16-11-5-3-6-12(9-11)17-15(19)14-8-10-4-1-2-7-13(10)18-14;/h3,5-6,9-10,13-14,18H,1-2,4,7-8H2,(H,17,19);1H. The van der Waals surface area contributed by atoms with Gasteiger partial charge in [0.1, 0.15) is 0 Å². The first-order chi connectivity index (χ1) is 9.22. The van der Waals surface area contributed by atoms with Gasteiger partial charge in [0, 0.05) is 16.8 Å². The van der Waals surface area contributed by atoms with Crippen LogP contribution in [0.5, 0.6) is 0 Å². The predicted octanol–water partition coefficient (Wildman–Crippen LogP) is 3.62. The van der Waals surface area contributed by atoms with E-state index < -0.39 is 0 Å². The second-order valence-electron chi connectivity index (χ2n) is 5.61. The summed E-state index contributed by atoms with van der Waals surface area (Å²) < 4.78 is 0. The smallest absolute Gasteiger partial charge is 0.241 e. The zero-order valence-electron chi connectivity index (χ0n) is 11.3. The van der Waals surface area contributed by atoms with E-state index in [2.05, 4.69) is 10.6 Å². The molecule has 2 N–H and O–H groups in total. The molecule has 0 bridgehead atoms. The van der Waals surface area contributed by atoms with Crippen molar-refractivity contribution < 1.29 is 4.79 Å². The third kappa shape index (κ3) is 3.46. The van der Waals surface area contributed by atoms with Crippen LogP contribution in [0.2, 0.25) is 5.02 Å². The van der Waals surface area contributed by atoms with Gasteiger partial charge in [-0.3, -0.25) is 4.79 Å². The van der Waals surface area contributed by atoms with Crippen molar-refractivity contribution in [2.75, 3.05) is 5.32 Å². The second kappa shape index (κ2) is 6.79. The van der Waals surface area contributed by atoms with Crippen LogP contribution in [-0.4, -0.2) is 18.0 Å². The van der Waals surface area contributed by atoms with Gasteiger partial charge in [0.05, 0.1) is 6.04 Å². The molecular formula is C15H20Cl2N2O. The maximum Gasteiger partial charge on any atom is 0.241 e. The molecule has 5 heteroatoms. The summed E-state index contributed by atoms with van der Waals surface area (Å²) in [7, 11) is 0. The molecule has 1 aliphatic heterocycles. The van der Waals surface area contributed by atoms with E-state index in [1.165, 1.54) is 25.7 Å². The van der Waals surface area contributed by atoms with E-state index in [0.29, 0.717) is 17.0 Å². The maximum atomic E-state index is 12.3. The first kappa shape index (κ1) is 15.6. The topological polar surface area (TPSA) is 41.1 Å². The largest absolute Gasteiger partial charge is 0.325 e. The van der Waals surface area contributed by atoms with E-state index in [1.807, 2.05) is 12.1 Å². The van der Waals surface area contributed by atoms with Gasteiger partial charge in [-0.05, 0) is 43.4 Å². The molecule has 3 atom stereocenters. The summed E-state index contributed by atoms with van der Waals surface area (Å²) in [6, 6.07) is 7.79. The first-order valence-electron chi connectivity index (χ1n) is 7.05. The Morgan fingerprint density at radius 2 is 2.10 bits per heavy atom. The van der Waals surface area contributed by atoms with E-state index in [1.54, 1.807) is 12.1 Å². The van der Waals surface area contributed by atoms with Gasteiger partial charge in [-0.1, -0.05) is 30.5 Å². The van der Waals surface area contributed by atoms with Gasteiger partial charge < -0.3 is 10.6 Å². The van der Waals surface area contributed by atoms with Gasteiger partial charge in [0.15, 0.2) is 0 Å². The average Bonchev–Trinajstić information content (AvgIpc) is 2.82. The number of rotatable bonds is 2. The molecule has 1 heterocycles. The van der Waals surface area contributed by atoms with Crippen molar-refractivity contribution in [3.8, 4) is 0 Å². The van der Waals surface area contributed by atoms with Gasteiger partial charge >= 0.3 is 0 Å². The quantitative estimate of drug-likeness (QED) is 0.875. The Balaban J connectivity index is 0.00000147. The van der Waals surface area contributed by atoms with Crippen LogP contribution >= 0.6 is 24.0 Å². The normalized spacial score (nSPS) is 28.4. The van der Waals surface area contributed by atoms with E-state index in [4.69, 9.17) is 11.6 Å². The molecule has 0 aromatic heterocycles. The summed E-state index contributed by atoms with van der Waals surface area (Å²) in [5.41, 5.74) is 0.772.